The van der Waals surface area contributed by atoms with Crippen LogP contribution in [0.1, 0.15) is 49.4 Å². The maximum absolute atomic E-state index is 12.0. The number of aromatic nitrogens is 1. The number of carbonyl (C=O) groups excluding carboxylic acids is 1. The Morgan fingerprint density at radius 1 is 1.50 bits per heavy atom. The highest BCUT2D eigenvalue weighted by Crippen LogP contribution is 2.33. The zero-order valence-corrected chi connectivity index (χ0v) is 11.8. The van der Waals surface area contributed by atoms with Gasteiger partial charge < -0.3 is 15.5 Å². The molecule has 0 aromatic carbocycles. The smallest absolute Gasteiger partial charge is 0.255 e. The van der Waals surface area contributed by atoms with Gasteiger partial charge in [0.05, 0.1) is 17.4 Å². The number of carbonyl (C=O) groups is 1. The van der Waals surface area contributed by atoms with Gasteiger partial charge in [-0.1, -0.05) is 13.3 Å². The van der Waals surface area contributed by atoms with Gasteiger partial charge >= 0.3 is 0 Å². The van der Waals surface area contributed by atoms with E-state index in [2.05, 4.69) is 17.2 Å². The maximum atomic E-state index is 12.0. The van der Waals surface area contributed by atoms with Gasteiger partial charge in [0, 0.05) is 12.7 Å². The highest BCUT2D eigenvalue weighted by Gasteiger charge is 2.33. The fourth-order valence-electron chi connectivity index (χ4n) is 2.72. The third-order valence-electron chi connectivity index (χ3n) is 4.24. The molecule has 1 fully saturated rings. The van der Waals surface area contributed by atoms with Crippen molar-refractivity contribution in [1.82, 2.24) is 10.3 Å². The average Bonchev–Trinajstić information content (AvgIpc) is 2.46. The van der Waals surface area contributed by atoms with E-state index in [1.54, 1.807) is 0 Å². The largest absolute Gasteiger partial charge is 0.505 e. The van der Waals surface area contributed by atoms with Crippen LogP contribution in [0.15, 0.2) is 18.5 Å². The van der Waals surface area contributed by atoms with Crippen molar-refractivity contribution in [3.05, 3.63) is 24.0 Å². The number of hydrogen-bond donors (Lipinski definition) is 3. The van der Waals surface area contributed by atoms with Gasteiger partial charge in [-0.25, -0.2) is 0 Å². The number of aromatic hydroxyl groups is 1. The van der Waals surface area contributed by atoms with E-state index in [4.69, 9.17) is 0 Å². The van der Waals surface area contributed by atoms with Crippen LogP contribution in [0.4, 0.5) is 0 Å². The van der Waals surface area contributed by atoms with E-state index in [1.165, 1.54) is 18.5 Å². The molecule has 1 heterocycles. The standard InChI is InChI=1S/C15H22N2O3/c1-2-11-3-6-15(20,7-4-11)10-17-14(19)12-5-8-16-9-13(12)18/h5,8-9,11,18,20H,2-4,6-7,10H2,1H3,(H,17,19). The Morgan fingerprint density at radius 3 is 2.80 bits per heavy atom. The summed E-state index contributed by atoms with van der Waals surface area (Å²) in [5.41, 5.74) is -0.630. The molecule has 1 aromatic heterocycles. The molecule has 20 heavy (non-hydrogen) atoms. The molecular formula is C15H22N2O3. The molecule has 2 rings (SSSR count). The third-order valence-corrected chi connectivity index (χ3v) is 4.24. The molecule has 5 nitrogen and oxygen atoms in total. The van der Waals surface area contributed by atoms with Crippen molar-refractivity contribution in [3.8, 4) is 5.75 Å². The molecule has 1 aliphatic rings. The molecule has 1 amide bonds. The molecule has 0 spiro atoms. The van der Waals surface area contributed by atoms with Crippen LogP contribution in [-0.4, -0.2) is 33.3 Å². The Labute approximate surface area is 119 Å². The minimum atomic E-state index is -0.815. The minimum absolute atomic E-state index is 0.147. The van der Waals surface area contributed by atoms with Crippen molar-refractivity contribution in [2.24, 2.45) is 5.92 Å². The van der Waals surface area contributed by atoms with Gasteiger partial charge in [0.15, 0.2) is 0 Å². The summed E-state index contributed by atoms with van der Waals surface area (Å²) in [6.45, 7) is 2.40. The normalized spacial score (nSPS) is 26.2. The van der Waals surface area contributed by atoms with E-state index in [0.717, 1.165) is 19.3 Å². The van der Waals surface area contributed by atoms with E-state index < -0.39 is 5.60 Å². The van der Waals surface area contributed by atoms with Gasteiger partial charge in [-0.05, 0) is 37.7 Å². The van der Waals surface area contributed by atoms with Crippen LogP contribution in [0, 0.1) is 5.92 Å². The summed E-state index contributed by atoms with van der Waals surface area (Å²) in [4.78, 5) is 15.7. The third kappa shape index (κ3) is 3.48. The second kappa shape index (κ2) is 6.22. The summed E-state index contributed by atoms with van der Waals surface area (Å²) < 4.78 is 0. The van der Waals surface area contributed by atoms with Crippen LogP contribution in [0.5, 0.6) is 5.75 Å². The lowest BCUT2D eigenvalue weighted by Crippen LogP contribution is -2.45. The van der Waals surface area contributed by atoms with Crippen molar-refractivity contribution < 1.29 is 15.0 Å². The molecule has 0 bridgehead atoms. The summed E-state index contributed by atoms with van der Waals surface area (Å²) in [5.74, 6) is 0.165. The molecule has 0 aliphatic heterocycles. The predicted molar refractivity (Wildman–Crippen MR) is 75.4 cm³/mol. The molecular weight excluding hydrogens is 256 g/mol. The minimum Gasteiger partial charge on any atom is -0.505 e. The Balaban J connectivity index is 1.89. The Bertz CT molecular complexity index is 468. The number of amides is 1. The molecule has 0 unspecified atom stereocenters. The number of nitrogens with one attached hydrogen (secondary N) is 1. The van der Waals surface area contributed by atoms with Gasteiger partial charge in [-0.3, -0.25) is 9.78 Å². The molecule has 1 saturated carbocycles. The Hall–Kier alpha value is -1.62. The second-order valence-corrected chi connectivity index (χ2v) is 5.65. The molecule has 1 aliphatic carbocycles. The number of pyridine rings is 1. The van der Waals surface area contributed by atoms with E-state index in [-0.39, 0.29) is 23.8 Å². The summed E-state index contributed by atoms with van der Waals surface area (Å²) >= 11 is 0. The first-order valence-electron chi connectivity index (χ1n) is 7.17. The second-order valence-electron chi connectivity index (χ2n) is 5.65. The zero-order chi connectivity index (χ0) is 14.6. The maximum Gasteiger partial charge on any atom is 0.255 e. The van der Waals surface area contributed by atoms with Crippen LogP contribution in [-0.2, 0) is 0 Å². The fourth-order valence-corrected chi connectivity index (χ4v) is 2.72. The first-order chi connectivity index (χ1) is 9.54. The summed E-state index contributed by atoms with van der Waals surface area (Å²) in [6, 6.07) is 1.46. The van der Waals surface area contributed by atoms with Crippen LogP contribution in [0.3, 0.4) is 0 Å². The van der Waals surface area contributed by atoms with Crippen LogP contribution < -0.4 is 5.32 Å². The lowest BCUT2D eigenvalue weighted by molar-refractivity contribution is -0.00788. The average molecular weight is 278 g/mol. The van der Waals surface area contributed by atoms with Crippen molar-refractivity contribution in [2.45, 2.75) is 44.6 Å². The Morgan fingerprint density at radius 2 is 2.20 bits per heavy atom. The van der Waals surface area contributed by atoms with Crippen molar-refractivity contribution in [1.29, 1.82) is 0 Å². The van der Waals surface area contributed by atoms with Gasteiger partial charge in [-0.15, -0.1) is 0 Å². The fraction of sp³-hybridized carbons (Fsp3) is 0.600. The molecule has 0 atom stereocenters. The zero-order valence-electron chi connectivity index (χ0n) is 11.8. The van der Waals surface area contributed by atoms with Gasteiger partial charge in [0.2, 0.25) is 0 Å². The molecule has 3 N–H and O–H groups in total. The van der Waals surface area contributed by atoms with E-state index in [1.807, 2.05) is 0 Å². The van der Waals surface area contributed by atoms with Crippen LogP contribution in [0.2, 0.25) is 0 Å². The first-order valence-corrected chi connectivity index (χ1v) is 7.17. The van der Waals surface area contributed by atoms with Gasteiger partial charge in [0.25, 0.3) is 5.91 Å². The summed E-state index contributed by atoms with van der Waals surface area (Å²) in [5, 5.41) is 22.7. The molecule has 110 valence electrons. The monoisotopic (exact) mass is 278 g/mol. The van der Waals surface area contributed by atoms with Gasteiger partial charge in [-0.2, -0.15) is 0 Å². The van der Waals surface area contributed by atoms with Crippen molar-refractivity contribution in [2.75, 3.05) is 6.54 Å². The number of rotatable bonds is 4. The quantitative estimate of drug-likeness (QED) is 0.785. The van der Waals surface area contributed by atoms with Crippen molar-refractivity contribution >= 4 is 5.91 Å². The SMILES string of the molecule is CCC1CCC(O)(CNC(=O)c2ccncc2O)CC1. The number of hydrogen-bond acceptors (Lipinski definition) is 4. The molecule has 1 aromatic rings. The molecule has 5 heteroatoms. The first kappa shape index (κ1) is 14.8. The summed E-state index contributed by atoms with van der Waals surface area (Å²) in [6.07, 6.45) is 7.27. The van der Waals surface area contributed by atoms with Crippen LogP contribution in [0.25, 0.3) is 0 Å². The van der Waals surface area contributed by atoms with E-state index in [0.29, 0.717) is 18.8 Å². The summed E-state index contributed by atoms with van der Waals surface area (Å²) in [7, 11) is 0. The topological polar surface area (TPSA) is 82.5 Å². The highest BCUT2D eigenvalue weighted by atomic mass is 16.3. The predicted octanol–water partition coefficient (Wildman–Crippen LogP) is 1.85. The molecule has 0 saturated heterocycles. The number of nitrogens with zero attached hydrogens (tertiary/aromatic N) is 1. The van der Waals surface area contributed by atoms with Gasteiger partial charge in [0.1, 0.15) is 5.75 Å². The van der Waals surface area contributed by atoms with E-state index in [9.17, 15) is 15.0 Å². The Kier molecular flexibility index (Phi) is 4.60. The lowest BCUT2D eigenvalue weighted by Gasteiger charge is -2.35. The van der Waals surface area contributed by atoms with Crippen molar-refractivity contribution in [3.63, 3.8) is 0 Å². The molecule has 0 radical (unpaired) electrons. The highest BCUT2D eigenvalue weighted by molar-refractivity contribution is 5.96. The number of aliphatic hydroxyl groups is 1. The van der Waals surface area contributed by atoms with Crippen LogP contribution >= 0.6 is 0 Å². The lowest BCUT2D eigenvalue weighted by atomic mass is 9.78. The van der Waals surface area contributed by atoms with E-state index >= 15 is 0 Å².